The van der Waals surface area contributed by atoms with Gasteiger partial charge in [-0.25, -0.2) is 0 Å². The Labute approximate surface area is 200 Å². The van der Waals surface area contributed by atoms with Crippen LogP contribution in [0.15, 0.2) is 115 Å². The lowest BCUT2D eigenvalue weighted by molar-refractivity contribution is 1.19. The molecule has 2 aromatic heterocycles. The zero-order chi connectivity index (χ0) is 22.2. The number of para-hydroxylation sites is 2. The molecule has 1 nitrogen and oxygen atoms in total. The molecule has 0 aliphatic carbocycles. The van der Waals surface area contributed by atoms with Gasteiger partial charge in [0, 0.05) is 42.0 Å². The van der Waals surface area contributed by atoms with Crippen molar-refractivity contribution in [1.82, 2.24) is 4.57 Å². The predicted octanol–water partition coefficient (Wildman–Crippen LogP) is 9.46. The monoisotopic (exact) mass is 449 g/mol. The van der Waals surface area contributed by atoms with Crippen molar-refractivity contribution < 1.29 is 0 Å². The molecule has 8 rings (SSSR count). The Bertz CT molecular complexity index is 2060. The van der Waals surface area contributed by atoms with Crippen LogP contribution in [0.4, 0.5) is 0 Å². The maximum atomic E-state index is 2.46. The number of hydrogen-bond donors (Lipinski definition) is 0. The summed E-state index contributed by atoms with van der Waals surface area (Å²) in [5.74, 6) is 0. The van der Waals surface area contributed by atoms with Gasteiger partial charge in [0.05, 0.1) is 11.0 Å². The first-order valence-corrected chi connectivity index (χ1v) is 12.4. The van der Waals surface area contributed by atoms with Crippen LogP contribution in [-0.4, -0.2) is 4.57 Å². The fourth-order valence-electron chi connectivity index (χ4n) is 5.78. The fraction of sp³-hybridized carbons (Fsp3) is 0. The average molecular weight is 450 g/mol. The minimum Gasteiger partial charge on any atom is -0.309 e. The fourth-order valence-corrected chi connectivity index (χ4v) is 7.04. The van der Waals surface area contributed by atoms with Gasteiger partial charge in [-0.2, -0.15) is 0 Å². The smallest absolute Gasteiger partial charge is 0.0634 e. The summed E-state index contributed by atoms with van der Waals surface area (Å²) in [6, 6.07) is 42.0. The lowest BCUT2D eigenvalue weighted by Crippen LogP contribution is -1.93. The molecule has 0 N–H and O–H groups in total. The van der Waals surface area contributed by atoms with Crippen molar-refractivity contribution >= 4 is 74.9 Å². The molecule has 0 bridgehead atoms. The molecule has 0 unspecified atom stereocenters. The van der Waals surface area contributed by atoms with Crippen LogP contribution in [-0.2, 0) is 0 Å². The van der Waals surface area contributed by atoms with Gasteiger partial charge >= 0.3 is 0 Å². The normalized spacial score (nSPS) is 12.1. The topological polar surface area (TPSA) is 4.93 Å². The molecule has 158 valence electrons. The lowest BCUT2D eigenvalue weighted by Gasteiger charge is -2.10. The van der Waals surface area contributed by atoms with Crippen LogP contribution in [0, 0.1) is 0 Å². The van der Waals surface area contributed by atoms with E-state index in [1.54, 1.807) is 0 Å². The lowest BCUT2D eigenvalue weighted by atomic mass is 9.96. The molecule has 0 saturated heterocycles. The first kappa shape index (κ1) is 18.3. The molecule has 0 fully saturated rings. The predicted molar refractivity (Wildman–Crippen MR) is 149 cm³/mol. The molecule has 6 aromatic carbocycles. The van der Waals surface area contributed by atoms with Crippen molar-refractivity contribution in [2.75, 3.05) is 0 Å². The summed E-state index contributed by atoms with van der Waals surface area (Å²) < 4.78 is 5.18. The number of rotatable bonds is 1. The van der Waals surface area contributed by atoms with Crippen LogP contribution in [0.2, 0.25) is 0 Å². The Kier molecular flexibility index (Phi) is 3.60. The Balaban J connectivity index is 1.73. The number of benzene rings is 6. The first-order chi connectivity index (χ1) is 16.9. The number of nitrogens with zero attached hydrogens (tertiary/aromatic N) is 1. The third-order valence-electron chi connectivity index (χ3n) is 7.16. The molecule has 8 aromatic rings. The molecule has 0 radical (unpaired) electrons. The van der Waals surface area contributed by atoms with Crippen LogP contribution in [0.1, 0.15) is 0 Å². The summed E-state index contributed by atoms with van der Waals surface area (Å²) in [6.07, 6.45) is 0. The van der Waals surface area contributed by atoms with Crippen molar-refractivity contribution in [3.8, 4) is 5.69 Å². The highest BCUT2D eigenvalue weighted by Gasteiger charge is 2.20. The zero-order valence-corrected chi connectivity index (χ0v) is 19.1. The summed E-state index contributed by atoms with van der Waals surface area (Å²) in [7, 11) is 0. The number of thiophene rings is 1. The van der Waals surface area contributed by atoms with E-state index in [4.69, 9.17) is 0 Å². The largest absolute Gasteiger partial charge is 0.309 e. The van der Waals surface area contributed by atoms with Crippen LogP contribution in [0.25, 0.3) is 69.2 Å². The molecule has 34 heavy (non-hydrogen) atoms. The highest BCUT2D eigenvalue weighted by atomic mass is 32.1. The third kappa shape index (κ3) is 2.28. The van der Waals surface area contributed by atoms with Crippen LogP contribution in [0.5, 0.6) is 0 Å². The van der Waals surface area contributed by atoms with Crippen molar-refractivity contribution in [2.24, 2.45) is 0 Å². The summed E-state index contributed by atoms with van der Waals surface area (Å²) in [4.78, 5) is 0. The zero-order valence-electron chi connectivity index (χ0n) is 18.3. The Morgan fingerprint density at radius 3 is 1.85 bits per heavy atom. The number of hydrogen-bond acceptors (Lipinski definition) is 1. The Morgan fingerprint density at radius 2 is 1.06 bits per heavy atom. The maximum absolute atomic E-state index is 2.46. The minimum absolute atomic E-state index is 1.20. The second-order valence-electron chi connectivity index (χ2n) is 8.92. The number of aromatic nitrogens is 1. The second kappa shape index (κ2) is 6.69. The van der Waals surface area contributed by atoms with Crippen molar-refractivity contribution in [3.63, 3.8) is 0 Å². The van der Waals surface area contributed by atoms with E-state index in [0.29, 0.717) is 0 Å². The van der Waals surface area contributed by atoms with Crippen molar-refractivity contribution in [1.29, 1.82) is 0 Å². The van der Waals surface area contributed by atoms with E-state index < -0.39 is 0 Å². The van der Waals surface area contributed by atoms with E-state index in [-0.39, 0.29) is 0 Å². The average Bonchev–Trinajstić information content (AvgIpc) is 3.46. The van der Waals surface area contributed by atoms with Gasteiger partial charge < -0.3 is 4.57 Å². The summed E-state index contributed by atoms with van der Waals surface area (Å²) in [5, 5.41) is 10.7. The van der Waals surface area contributed by atoms with E-state index in [1.807, 2.05) is 11.3 Å². The molecule has 0 atom stereocenters. The Hall–Kier alpha value is -4.14. The summed E-state index contributed by atoms with van der Waals surface area (Å²) in [5.41, 5.74) is 3.75. The quantitative estimate of drug-likeness (QED) is 0.220. The summed E-state index contributed by atoms with van der Waals surface area (Å²) in [6.45, 7) is 0. The van der Waals surface area contributed by atoms with Gasteiger partial charge in [-0.3, -0.25) is 0 Å². The van der Waals surface area contributed by atoms with Gasteiger partial charge in [-0.15, -0.1) is 11.3 Å². The van der Waals surface area contributed by atoms with E-state index >= 15 is 0 Å². The van der Waals surface area contributed by atoms with Crippen LogP contribution >= 0.6 is 11.3 Å². The van der Waals surface area contributed by atoms with E-state index in [2.05, 4.69) is 120 Å². The number of fused-ring (bicyclic) bond motifs is 12. The highest BCUT2D eigenvalue weighted by molar-refractivity contribution is 7.27. The Morgan fingerprint density at radius 1 is 0.441 bits per heavy atom. The van der Waals surface area contributed by atoms with Crippen LogP contribution in [0.3, 0.4) is 0 Å². The van der Waals surface area contributed by atoms with Gasteiger partial charge in [0.2, 0.25) is 0 Å². The molecule has 0 amide bonds. The van der Waals surface area contributed by atoms with Crippen molar-refractivity contribution in [2.45, 2.75) is 0 Å². The molecule has 0 aliphatic heterocycles. The van der Waals surface area contributed by atoms with Gasteiger partial charge in [0.1, 0.15) is 0 Å². The highest BCUT2D eigenvalue weighted by Crippen LogP contribution is 2.48. The van der Waals surface area contributed by atoms with Crippen molar-refractivity contribution in [3.05, 3.63) is 115 Å². The van der Waals surface area contributed by atoms with Gasteiger partial charge in [-0.1, -0.05) is 91.0 Å². The second-order valence-corrected chi connectivity index (χ2v) is 9.97. The standard InChI is InChI=1S/C32H19NS/c1-2-10-20(11-3-1)33-27-17-9-8-14-23(27)25-18-19-28-30(31(25)33)29-24-15-6-4-12-21(24)22-13-5-7-16-26(22)32(29)34-28/h1-19H. The minimum atomic E-state index is 1.20. The van der Waals surface area contributed by atoms with Gasteiger partial charge in [0.15, 0.2) is 0 Å². The molecule has 0 aliphatic rings. The molecule has 2 heterocycles. The molecular formula is C32H19NS. The van der Waals surface area contributed by atoms with Gasteiger partial charge in [-0.05, 0) is 40.4 Å². The summed E-state index contributed by atoms with van der Waals surface area (Å²) >= 11 is 1.92. The maximum Gasteiger partial charge on any atom is 0.0634 e. The van der Waals surface area contributed by atoms with Gasteiger partial charge in [0.25, 0.3) is 0 Å². The van der Waals surface area contributed by atoms with Crippen LogP contribution < -0.4 is 0 Å². The first-order valence-electron chi connectivity index (χ1n) is 11.6. The molecule has 2 heteroatoms. The van der Waals surface area contributed by atoms with E-state index in [0.717, 1.165) is 0 Å². The molecule has 0 spiro atoms. The van der Waals surface area contributed by atoms with E-state index in [9.17, 15) is 0 Å². The SMILES string of the molecule is c1ccc(-n2c3ccccc3c3ccc4sc5c6ccccc6c6ccccc6c5c4c32)cc1. The molecular weight excluding hydrogens is 430 g/mol. The van der Waals surface area contributed by atoms with E-state index in [1.165, 1.54) is 69.2 Å². The molecule has 0 saturated carbocycles. The third-order valence-corrected chi connectivity index (χ3v) is 8.35.